The quantitative estimate of drug-likeness (QED) is 0.778. The number of hydrogen-bond acceptors (Lipinski definition) is 2. The molecule has 0 bridgehead atoms. The monoisotopic (exact) mass is 236 g/mol. The zero-order valence-corrected chi connectivity index (χ0v) is 10.2. The molecule has 17 heavy (non-hydrogen) atoms. The molecule has 4 heteroatoms. The van der Waals surface area contributed by atoms with E-state index in [0.29, 0.717) is 6.54 Å². The first-order valence-corrected chi connectivity index (χ1v) is 6.24. The molecular weight excluding hydrogens is 216 g/mol. The normalized spacial score (nSPS) is 21.6. The van der Waals surface area contributed by atoms with Crippen LogP contribution < -0.4 is 5.73 Å². The maximum atomic E-state index is 11.0. The highest BCUT2D eigenvalue weighted by Crippen LogP contribution is 2.29. The Morgan fingerprint density at radius 3 is 3.06 bits per heavy atom. The first-order chi connectivity index (χ1) is 8.08. The summed E-state index contributed by atoms with van der Waals surface area (Å²) in [5.74, 6) is -0.461. The molecule has 1 aliphatic rings. The summed E-state index contributed by atoms with van der Waals surface area (Å²) in [7, 11) is 0. The molecule has 1 aliphatic carbocycles. The summed E-state index contributed by atoms with van der Waals surface area (Å²) in [6.07, 6.45) is 7.71. The molecule has 1 heterocycles. The number of fused-ring (bicyclic) bond motifs is 1. The van der Waals surface area contributed by atoms with Crippen LogP contribution >= 0.6 is 0 Å². The van der Waals surface area contributed by atoms with Crippen LogP contribution in [0.1, 0.15) is 43.4 Å². The van der Waals surface area contributed by atoms with Gasteiger partial charge in [0, 0.05) is 24.5 Å². The molecule has 2 unspecified atom stereocenters. The summed E-state index contributed by atoms with van der Waals surface area (Å²) in [5, 5.41) is 9.99. The molecule has 0 aliphatic heterocycles. The van der Waals surface area contributed by atoms with Crippen molar-refractivity contribution in [1.29, 1.82) is 0 Å². The predicted molar refractivity (Wildman–Crippen MR) is 65.3 cm³/mol. The number of aliphatic hydroxyl groups is 1. The van der Waals surface area contributed by atoms with E-state index >= 15 is 0 Å². The zero-order chi connectivity index (χ0) is 12.4. The highest BCUT2D eigenvalue weighted by Gasteiger charge is 2.19. The van der Waals surface area contributed by atoms with Gasteiger partial charge >= 0.3 is 0 Å². The van der Waals surface area contributed by atoms with Crippen LogP contribution in [0.15, 0.2) is 12.4 Å². The van der Waals surface area contributed by atoms with Crippen LogP contribution in [0.3, 0.4) is 0 Å². The molecule has 1 aromatic heterocycles. The molecule has 3 N–H and O–H groups in total. The number of carbonyl (C=O) groups excluding carboxylic acids is 1. The summed E-state index contributed by atoms with van der Waals surface area (Å²) in [4.78, 5) is 11.0. The number of rotatable bonds is 3. The van der Waals surface area contributed by atoms with Gasteiger partial charge in [0.25, 0.3) is 0 Å². The SMILES string of the molecule is CC(Cn1cc2c(c1)C(O)CCCC2)C(N)=O. The van der Waals surface area contributed by atoms with Gasteiger partial charge in [0.2, 0.25) is 5.91 Å². The number of aryl methyl sites for hydroxylation is 1. The van der Waals surface area contributed by atoms with Gasteiger partial charge in [-0.3, -0.25) is 4.79 Å². The van der Waals surface area contributed by atoms with Crippen LogP contribution in [0.4, 0.5) is 0 Å². The van der Waals surface area contributed by atoms with Gasteiger partial charge in [0.15, 0.2) is 0 Å². The maximum Gasteiger partial charge on any atom is 0.222 e. The average molecular weight is 236 g/mol. The molecular formula is C13H20N2O2. The van der Waals surface area contributed by atoms with Crippen molar-refractivity contribution in [2.45, 2.75) is 45.3 Å². The van der Waals surface area contributed by atoms with E-state index < -0.39 is 0 Å². The van der Waals surface area contributed by atoms with Gasteiger partial charge in [0.1, 0.15) is 0 Å². The molecule has 1 amide bonds. The predicted octanol–water partition coefficient (Wildman–Crippen LogP) is 1.37. The van der Waals surface area contributed by atoms with Gasteiger partial charge in [-0.2, -0.15) is 0 Å². The third-order valence-electron chi connectivity index (χ3n) is 3.50. The first-order valence-electron chi connectivity index (χ1n) is 6.24. The van der Waals surface area contributed by atoms with E-state index in [-0.39, 0.29) is 17.9 Å². The van der Waals surface area contributed by atoms with Gasteiger partial charge in [-0.25, -0.2) is 0 Å². The Bertz CT molecular complexity index is 412. The standard InChI is InChI=1S/C13H20N2O2/c1-9(13(14)17)6-15-7-10-4-2-3-5-12(16)11(10)8-15/h7-9,12,16H,2-6H2,1H3,(H2,14,17). The van der Waals surface area contributed by atoms with E-state index in [0.717, 1.165) is 31.2 Å². The Balaban J connectivity index is 2.16. The summed E-state index contributed by atoms with van der Waals surface area (Å²) >= 11 is 0. The molecule has 94 valence electrons. The Morgan fingerprint density at radius 2 is 2.35 bits per heavy atom. The van der Waals surface area contributed by atoms with Crippen molar-refractivity contribution < 1.29 is 9.90 Å². The Kier molecular flexibility index (Phi) is 3.52. The molecule has 0 saturated carbocycles. The number of hydrogen-bond donors (Lipinski definition) is 2. The lowest BCUT2D eigenvalue weighted by Gasteiger charge is -2.09. The number of aromatic nitrogens is 1. The van der Waals surface area contributed by atoms with Crippen molar-refractivity contribution in [3.05, 3.63) is 23.5 Å². The van der Waals surface area contributed by atoms with Crippen LogP contribution in [-0.2, 0) is 17.8 Å². The molecule has 0 radical (unpaired) electrons. The molecule has 0 spiro atoms. The number of amides is 1. The van der Waals surface area contributed by atoms with Crippen molar-refractivity contribution >= 4 is 5.91 Å². The van der Waals surface area contributed by atoms with Gasteiger partial charge in [-0.15, -0.1) is 0 Å². The minimum atomic E-state index is -0.349. The summed E-state index contributed by atoms with van der Waals surface area (Å²) in [6.45, 7) is 2.42. The van der Waals surface area contributed by atoms with Crippen molar-refractivity contribution in [2.24, 2.45) is 11.7 Å². The number of nitrogens with two attached hydrogens (primary N) is 1. The highest BCUT2D eigenvalue weighted by molar-refractivity contribution is 5.76. The smallest absolute Gasteiger partial charge is 0.222 e. The van der Waals surface area contributed by atoms with Crippen LogP contribution in [0.5, 0.6) is 0 Å². The molecule has 0 fully saturated rings. The zero-order valence-electron chi connectivity index (χ0n) is 10.2. The molecule has 2 rings (SSSR count). The summed E-state index contributed by atoms with van der Waals surface area (Å²) in [5.41, 5.74) is 7.50. The lowest BCUT2D eigenvalue weighted by Crippen LogP contribution is -2.24. The number of aliphatic hydroxyl groups excluding tert-OH is 1. The Hall–Kier alpha value is -1.29. The lowest BCUT2D eigenvalue weighted by atomic mass is 10.1. The fraction of sp³-hybridized carbons (Fsp3) is 0.615. The van der Waals surface area contributed by atoms with Crippen molar-refractivity contribution in [2.75, 3.05) is 0 Å². The third kappa shape index (κ3) is 2.69. The molecule has 0 aromatic carbocycles. The summed E-state index contributed by atoms with van der Waals surface area (Å²) in [6, 6.07) is 0. The van der Waals surface area contributed by atoms with E-state index in [2.05, 4.69) is 0 Å². The summed E-state index contributed by atoms with van der Waals surface area (Å²) < 4.78 is 1.98. The largest absolute Gasteiger partial charge is 0.388 e. The molecule has 2 atom stereocenters. The van der Waals surface area contributed by atoms with E-state index in [9.17, 15) is 9.90 Å². The van der Waals surface area contributed by atoms with E-state index in [1.807, 2.05) is 23.9 Å². The van der Waals surface area contributed by atoms with Gasteiger partial charge < -0.3 is 15.4 Å². The van der Waals surface area contributed by atoms with Crippen LogP contribution in [0, 0.1) is 5.92 Å². The van der Waals surface area contributed by atoms with Gasteiger partial charge in [0.05, 0.1) is 12.0 Å². The first kappa shape index (κ1) is 12.2. The second-order valence-electron chi connectivity index (χ2n) is 5.00. The van der Waals surface area contributed by atoms with Crippen molar-refractivity contribution in [3.8, 4) is 0 Å². The average Bonchev–Trinajstić information content (AvgIpc) is 2.59. The van der Waals surface area contributed by atoms with Gasteiger partial charge in [-0.1, -0.05) is 13.3 Å². The Morgan fingerprint density at radius 1 is 1.59 bits per heavy atom. The van der Waals surface area contributed by atoms with E-state index in [1.165, 1.54) is 5.56 Å². The molecule has 1 aromatic rings. The van der Waals surface area contributed by atoms with E-state index in [4.69, 9.17) is 5.73 Å². The van der Waals surface area contributed by atoms with Crippen molar-refractivity contribution in [3.63, 3.8) is 0 Å². The number of carbonyl (C=O) groups is 1. The molecule has 0 saturated heterocycles. The van der Waals surface area contributed by atoms with Crippen LogP contribution in [0.2, 0.25) is 0 Å². The van der Waals surface area contributed by atoms with E-state index in [1.54, 1.807) is 0 Å². The molecule has 4 nitrogen and oxygen atoms in total. The topological polar surface area (TPSA) is 68.2 Å². The number of primary amides is 1. The second kappa shape index (κ2) is 4.92. The fourth-order valence-corrected chi connectivity index (χ4v) is 2.40. The minimum Gasteiger partial charge on any atom is -0.388 e. The Labute approximate surface area is 101 Å². The van der Waals surface area contributed by atoms with Crippen molar-refractivity contribution in [1.82, 2.24) is 4.57 Å². The van der Waals surface area contributed by atoms with Crippen LogP contribution in [0.25, 0.3) is 0 Å². The third-order valence-corrected chi connectivity index (χ3v) is 3.50. The van der Waals surface area contributed by atoms with Crippen LogP contribution in [-0.4, -0.2) is 15.6 Å². The maximum absolute atomic E-state index is 11.0. The van der Waals surface area contributed by atoms with Gasteiger partial charge in [-0.05, 0) is 24.8 Å². The minimum absolute atomic E-state index is 0.178. The fourth-order valence-electron chi connectivity index (χ4n) is 2.40. The second-order valence-corrected chi connectivity index (χ2v) is 5.00. The highest BCUT2D eigenvalue weighted by atomic mass is 16.3. The number of nitrogens with zero attached hydrogens (tertiary/aromatic N) is 1. The lowest BCUT2D eigenvalue weighted by molar-refractivity contribution is -0.121.